The zero-order valence-corrected chi connectivity index (χ0v) is 13.9. The van der Waals surface area contributed by atoms with Gasteiger partial charge in [0.2, 0.25) is 6.10 Å². The molecule has 2 aromatic heterocycles. The second kappa shape index (κ2) is 6.72. The third-order valence-corrected chi connectivity index (χ3v) is 3.74. The van der Waals surface area contributed by atoms with Crippen LogP contribution in [0.15, 0.2) is 48.8 Å². The number of nitrogens with zero attached hydrogens (tertiary/aromatic N) is 3. The van der Waals surface area contributed by atoms with Gasteiger partial charge in [0.15, 0.2) is 5.65 Å². The minimum atomic E-state index is -1.15. The smallest absolute Gasteiger partial charge is 0.340 e. The summed E-state index contributed by atoms with van der Waals surface area (Å²) < 4.78 is 7.07. The standard InChI is InChI=1S/C18H18N4O3/c1-11(2)22-17-13(10-21-22)8-14(9-20-17)18(24)25-15(16(19)23)12-6-4-3-5-7-12/h3-11,15H,1-2H3,(H2,19,23). The van der Waals surface area contributed by atoms with Crippen LogP contribution in [0.25, 0.3) is 11.0 Å². The average molecular weight is 338 g/mol. The molecular weight excluding hydrogens is 320 g/mol. The third-order valence-electron chi connectivity index (χ3n) is 3.74. The fourth-order valence-electron chi connectivity index (χ4n) is 2.52. The van der Waals surface area contributed by atoms with Gasteiger partial charge in [-0.2, -0.15) is 5.10 Å². The molecule has 2 heterocycles. The van der Waals surface area contributed by atoms with Crippen LogP contribution in [-0.2, 0) is 9.53 Å². The monoisotopic (exact) mass is 338 g/mol. The lowest BCUT2D eigenvalue weighted by Gasteiger charge is -2.15. The molecule has 0 aliphatic heterocycles. The van der Waals surface area contributed by atoms with E-state index in [1.165, 1.54) is 6.20 Å². The number of benzene rings is 1. The first-order valence-corrected chi connectivity index (χ1v) is 7.86. The van der Waals surface area contributed by atoms with Gasteiger partial charge >= 0.3 is 5.97 Å². The molecule has 128 valence electrons. The van der Waals surface area contributed by atoms with E-state index < -0.39 is 18.0 Å². The van der Waals surface area contributed by atoms with Crippen LogP contribution in [0.5, 0.6) is 0 Å². The predicted octanol–water partition coefficient (Wildman–Crippen LogP) is 2.40. The Balaban J connectivity index is 1.87. The second-order valence-electron chi connectivity index (χ2n) is 5.92. The van der Waals surface area contributed by atoms with E-state index in [2.05, 4.69) is 10.1 Å². The van der Waals surface area contributed by atoms with Gasteiger partial charge in [-0.3, -0.25) is 4.79 Å². The molecule has 0 aliphatic rings. The van der Waals surface area contributed by atoms with Gasteiger partial charge in [0.1, 0.15) is 0 Å². The van der Waals surface area contributed by atoms with Crippen molar-refractivity contribution in [2.24, 2.45) is 5.73 Å². The summed E-state index contributed by atoms with van der Waals surface area (Å²) in [6, 6.07) is 10.4. The van der Waals surface area contributed by atoms with Crippen LogP contribution in [0.1, 0.15) is 41.9 Å². The lowest BCUT2D eigenvalue weighted by atomic mass is 10.1. The minimum absolute atomic E-state index is 0.153. The van der Waals surface area contributed by atoms with E-state index in [4.69, 9.17) is 10.5 Å². The van der Waals surface area contributed by atoms with Gasteiger partial charge in [-0.05, 0) is 19.9 Å². The summed E-state index contributed by atoms with van der Waals surface area (Å²) >= 11 is 0. The van der Waals surface area contributed by atoms with Crippen LogP contribution in [0.4, 0.5) is 0 Å². The van der Waals surface area contributed by atoms with Gasteiger partial charge in [0, 0.05) is 23.2 Å². The van der Waals surface area contributed by atoms with Gasteiger partial charge in [-0.15, -0.1) is 0 Å². The number of rotatable bonds is 5. The minimum Gasteiger partial charge on any atom is -0.444 e. The molecule has 1 amide bonds. The summed E-state index contributed by atoms with van der Waals surface area (Å²) in [7, 11) is 0. The van der Waals surface area contributed by atoms with Crippen molar-refractivity contribution in [1.82, 2.24) is 14.8 Å². The molecule has 3 rings (SSSR count). The number of hydrogen-bond acceptors (Lipinski definition) is 5. The number of hydrogen-bond donors (Lipinski definition) is 1. The molecule has 1 unspecified atom stereocenters. The Hall–Kier alpha value is -3.22. The Labute approximate surface area is 144 Å². The normalized spacial score (nSPS) is 12.3. The van der Waals surface area contributed by atoms with Gasteiger partial charge in [0.25, 0.3) is 5.91 Å². The molecule has 0 spiro atoms. The van der Waals surface area contributed by atoms with E-state index >= 15 is 0 Å². The van der Waals surface area contributed by atoms with Crippen LogP contribution < -0.4 is 5.73 Å². The second-order valence-corrected chi connectivity index (χ2v) is 5.92. The van der Waals surface area contributed by atoms with Gasteiger partial charge in [-0.1, -0.05) is 30.3 Å². The Bertz CT molecular complexity index is 918. The SMILES string of the molecule is CC(C)n1ncc2cc(C(=O)OC(C(N)=O)c3ccccc3)cnc21. The van der Waals surface area contributed by atoms with Gasteiger partial charge in [-0.25, -0.2) is 14.5 Å². The summed E-state index contributed by atoms with van der Waals surface area (Å²) in [6.07, 6.45) is 1.90. The highest BCUT2D eigenvalue weighted by molar-refractivity contribution is 5.95. The first-order valence-electron chi connectivity index (χ1n) is 7.86. The summed E-state index contributed by atoms with van der Waals surface area (Å²) in [6.45, 7) is 3.99. The molecule has 7 heteroatoms. The Morgan fingerprint density at radius 2 is 1.88 bits per heavy atom. The van der Waals surface area contributed by atoms with Crippen LogP contribution in [0.3, 0.4) is 0 Å². The van der Waals surface area contributed by atoms with Crippen molar-refractivity contribution in [3.63, 3.8) is 0 Å². The molecule has 7 nitrogen and oxygen atoms in total. The molecular formula is C18H18N4O3. The number of pyridine rings is 1. The number of carbonyl (C=O) groups is 2. The van der Waals surface area contributed by atoms with Crippen LogP contribution in [0.2, 0.25) is 0 Å². The maximum absolute atomic E-state index is 12.4. The average Bonchev–Trinajstić information content (AvgIpc) is 3.03. The van der Waals surface area contributed by atoms with Crippen LogP contribution >= 0.6 is 0 Å². The molecule has 0 saturated heterocycles. The predicted molar refractivity (Wildman–Crippen MR) is 91.7 cm³/mol. The first-order chi connectivity index (χ1) is 12.0. The lowest BCUT2D eigenvalue weighted by Crippen LogP contribution is -2.26. The van der Waals surface area contributed by atoms with Crippen LogP contribution in [0, 0.1) is 0 Å². The number of primary amides is 1. The Kier molecular flexibility index (Phi) is 4.47. The van der Waals surface area contributed by atoms with E-state index in [1.807, 2.05) is 13.8 Å². The topological polar surface area (TPSA) is 100 Å². The number of fused-ring (bicyclic) bond motifs is 1. The van der Waals surface area contributed by atoms with Crippen molar-refractivity contribution in [2.45, 2.75) is 26.0 Å². The number of esters is 1. The maximum Gasteiger partial charge on any atom is 0.340 e. The molecule has 0 fully saturated rings. The first kappa shape index (κ1) is 16.6. The zero-order chi connectivity index (χ0) is 18.0. The van der Waals surface area contributed by atoms with E-state index in [-0.39, 0.29) is 11.6 Å². The summed E-state index contributed by atoms with van der Waals surface area (Å²) in [5.41, 5.74) is 6.81. The molecule has 0 radical (unpaired) electrons. The lowest BCUT2D eigenvalue weighted by molar-refractivity contribution is -0.127. The number of aromatic nitrogens is 3. The Morgan fingerprint density at radius 3 is 2.52 bits per heavy atom. The molecule has 0 saturated carbocycles. The highest BCUT2D eigenvalue weighted by atomic mass is 16.5. The molecule has 0 aliphatic carbocycles. The molecule has 2 N–H and O–H groups in total. The zero-order valence-electron chi connectivity index (χ0n) is 13.9. The van der Waals surface area contributed by atoms with Gasteiger partial charge in [0.05, 0.1) is 11.8 Å². The van der Waals surface area contributed by atoms with Crippen molar-refractivity contribution < 1.29 is 14.3 Å². The maximum atomic E-state index is 12.4. The quantitative estimate of drug-likeness (QED) is 0.720. The van der Waals surface area contributed by atoms with Crippen molar-refractivity contribution in [3.05, 3.63) is 59.9 Å². The summed E-state index contributed by atoms with van der Waals surface area (Å²) in [5, 5.41) is 4.98. The summed E-state index contributed by atoms with van der Waals surface area (Å²) in [5.74, 6) is -1.40. The highest BCUT2D eigenvalue weighted by Gasteiger charge is 2.23. The van der Waals surface area contributed by atoms with Crippen molar-refractivity contribution in [3.8, 4) is 0 Å². The molecule has 1 aromatic carbocycles. The van der Waals surface area contributed by atoms with E-state index in [1.54, 1.807) is 47.3 Å². The number of amides is 1. The highest BCUT2D eigenvalue weighted by Crippen LogP contribution is 2.21. The summed E-state index contributed by atoms with van der Waals surface area (Å²) in [4.78, 5) is 28.4. The van der Waals surface area contributed by atoms with E-state index in [0.29, 0.717) is 11.2 Å². The molecule has 1 atom stereocenters. The third kappa shape index (κ3) is 3.35. The Morgan fingerprint density at radius 1 is 1.16 bits per heavy atom. The van der Waals surface area contributed by atoms with Gasteiger partial charge < -0.3 is 10.5 Å². The van der Waals surface area contributed by atoms with Crippen molar-refractivity contribution in [1.29, 1.82) is 0 Å². The number of ether oxygens (including phenoxy) is 1. The number of nitrogens with two attached hydrogens (primary N) is 1. The van der Waals surface area contributed by atoms with E-state index in [0.717, 1.165) is 5.39 Å². The largest absolute Gasteiger partial charge is 0.444 e. The van der Waals surface area contributed by atoms with Crippen molar-refractivity contribution in [2.75, 3.05) is 0 Å². The van der Waals surface area contributed by atoms with E-state index in [9.17, 15) is 9.59 Å². The molecule has 3 aromatic rings. The van der Waals surface area contributed by atoms with Crippen molar-refractivity contribution >= 4 is 22.9 Å². The van der Waals surface area contributed by atoms with Crippen LogP contribution in [-0.4, -0.2) is 26.6 Å². The fourth-order valence-corrected chi connectivity index (χ4v) is 2.52. The molecule has 25 heavy (non-hydrogen) atoms. The molecule has 0 bridgehead atoms. The number of carbonyl (C=O) groups excluding carboxylic acids is 2. The fraction of sp³-hybridized carbons (Fsp3) is 0.222.